The Hall–Kier alpha value is -3.51. The Balaban J connectivity index is 1.75. The minimum absolute atomic E-state index is 0.00937. The molecule has 4 aromatic rings. The average molecular weight is 407 g/mol. The van der Waals surface area contributed by atoms with Gasteiger partial charge in [-0.2, -0.15) is 0 Å². The Morgan fingerprint density at radius 3 is 2.45 bits per heavy atom. The van der Waals surface area contributed by atoms with E-state index in [9.17, 15) is 9.18 Å². The van der Waals surface area contributed by atoms with Gasteiger partial charge >= 0.3 is 0 Å². The number of carbonyl (C=O) groups is 1. The lowest BCUT2D eigenvalue weighted by Gasteiger charge is -2.06. The van der Waals surface area contributed by atoms with Crippen molar-refractivity contribution in [2.75, 3.05) is 5.32 Å². The molecule has 5 nitrogen and oxygen atoms in total. The maximum atomic E-state index is 13.4. The molecule has 0 saturated heterocycles. The molecule has 29 heavy (non-hydrogen) atoms. The smallest absolute Gasteiger partial charge is 0.295 e. The fourth-order valence-electron chi connectivity index (χ4n) is 2.81. The van der Waals surface area contributed by atoms with Crippen molar-refractivity contribution in [3.8, 4) is 17.1 Å². The van der Waals surface area contributed by atoms with Crippen LogP contribution in [0.4, 0.5) is 10.1 Å². The van der Waals surface area contributed by atoms with Gasteiger partial charge in [0, 0.05) is 16.3 Å². The Morgan fingerprint density at radius 1 is 1.03 bits per heavy atom. The first kappa shape index (κ1) is 18.8. The summed E-state index contributed by atoms with van der Waals surface area (Å²) < 4.78 is 14.9. The fraction of sp³-hybridized carbons (Fsp3) is 0.0455. The van der Waals surface area contributed by atoms with Gasteiger partial charge in [-0.3, -0.25) is 4.79 Å². The van der Waals surface area contributed by atoms with Gasteiger partial charge in [0.05, 0.1) is 5.69 Å². The summed E-state index contributed by atoms with van der Waals surface area (Å²) in [4.78, 5) is 17.1. The summed E-state index contributed by atoms with van der Waals surface area (Å²) in [6.45, 7) is 1.97. The Kier molecular flexibility index (Phi) is 5.10. The number of aryl methyl sites for hydroxylation is 1. The molecule has 0 spiro atoms. The zero-order valence-corrected chi connectivity index (χ0v) is 16.2. The van der Waals surface area contributed by atoms with Gasteiger partial charge < -0.3 is 5.32 Å². The van der Waals surface area contributed by atoms with Gasteiger partial charge in [0.1, 0.15) is 5.82 Å². The highest BCUT2D eigenvalue weighted by Crippen LogP contribution is 2.24. The quantitative estimate of drug-likeness (QED) is 0.501. The van der Waals surface area contributed by atoms with E-state index in [4.69, 9.17) is 11.6 Å². The Labute approximate surface area is 171 Å². The first-order chi connectivity index (χ1) is 14.0. The normalized spacial score (nSPS) is 10.7. The number of nitrogens with one attached hydrogen (secondary N) is 1. The van der Waals surface area contributed by atoms with E-state index in [2.05, 4.69) is 15.4 Å². The molecule has 7 heteroatoms. The monoisotopic (exact) mass is 406 g/mol. The van der Waals surface area contributed by atoms with Gasteiger partial charge in [0.2, 0.25) is 5.82 Å². The zero-order chi connectivity index (χ0) is 20.4. The van der Waals surface area contributed by atoms with Crippen molar-refractivity contribution in [1.29, 1.82) is 0 Å². The molecule has 0 saturated carbocycles. The second-order valence-electron chi connectivity index (χ2n) is 6.48. The third kappa shape index (κ3) is 4.17. The third-order valence-corrected chi connectivity index (χ3v) is 4.51. The van der Waals surface area contributed by atoms with Crippen LogP contribution in [-0.4, -0.2) is 20.7 Å². The SMILES string of the molecule is Cc1ccc(NC(=O)c2nc(-c3cccc(Cl)c3)n(-c3ccc(F)cc3)n2)cc1. The largest absolute Gasteiger partial charge is 0.319 e. The molecule has 0 aliphatic rings. The molecular formula is C22H16ClFN4O. The van der Waals surface area contributed by atoms with Crippen molar-refractivity contribution in [1.82, 2.24) is 14.8 Å². The first-order valence-corrected chi connectivity index (χ1v) is 9.24. The standard InChI is InChI=1S/C22H16ClFN4O/c1-14-5-9-18(10-6-14)25-22(29)20-26-21(15-3-2-4-16(23)13-15)28(27-20)19-11-7-17(24)8-12-19/h2-13H,1H3,(H,25,29). The number of amides is 1. The van der Waals surface area contributed by atoms with Crippen LogP contribution < -0.4 is 5.32 Å². The number of carbonyl (C=O) groups excluding carboxylic acids is 1. The molecule has 4 rings (SSSR count). The van der Waals surface area contributed by atoms with Crippen molar-refractivity contribution in [2.24, 2.45) is 0 Å². The summed E-state index contributed by atoms with van der Waals surface area (Å²) in [6.07, 6.45) is 0. The number of hydrogen-bond donors (Lipinski definition) is 1. The highest BCUT2D eigenvalue weighted by Gasteiger charge is 2.19. The topological polar surface area (TPSA) is 59.8 Å². The van der Waals surface area contributed by atoms with Gasteiger partial charge in [-0.1, -0.05) is 41.4 Å². The van der Waals surface area contributed by atoms with Crippen LogP contribution in [0.1, 0.15) is 16.2 Å². The zero-order valence-electron chi connectivity index (χ0n) is 15.4. The minimum atomic E-state index is -0.446. The van der Waals surface area contributed by atoms with E-state index in [1.165, 1.54) is 16.8 Å². The third-order valence-electron chi connectivity index (χ3n) is 4.27. The minimum Gasteiger partial charge on any atom is -0.319 e. The maximum Gasteiger partial charge on any atom is 0.295 e. The van der Waals surface area contributed by atoms with E-state index in [1.807, 2.05) is 37.3 Å². The number of aromatic nitrogens is 3. The molecular weight excluding hydrogens is 391 g/mol. The molecule has 0 aliphatic carbocycles. The van der Waals surface area contributed by atoms with Crippen molar-refractivity contribution < 1.29 is 9.18 Å². The molecule has 3 aromatic carbocycles. The van der Waals surface area contributed by atoms with Crippen LogP contribution in [0.5, 0.6) is 0 Å². The van der Waals surface area contributed by atoms with Gasteiger partial charge in [-0.25, -0.2) is 14.1 Å². The van der Waals surface area contributed by atoms with Crippen molar-refractivity contribution >= 4 is 23.2 Å². The maximum absolute atomic E-state index is 13.4. The van der Waals surface area contributed by atoms with E-state index in [1.54, 1.807) is 30.3 Å². The van der Waals surface area contributed by atoms with Crippen LogP contribution in [-0.2, 0) is 0 Å². The van der Waals surface area contributed by atoms with Gasteiger partial charge in [-0.15, -0.1) is 5.10 Å². The molecule has 1 aromatic heterocycles. The predicted octanol–water partition coefficient (Wildman–Crippen LogP) is 5.29. The summed E-state index contributed by atoms with van der Waals surface area (Å²) in [5, 5.41) is 7.67. The summed E-state index contributed by atoms with van der Waals surface area (Å²) in [7, 11) is 0. The van der Waals surface area contributed by atoms with E-state index in [0.717, 1.165) is 5.56 Å². The summed E-state index contributed by atoms with van der Waals surface area (Å²) >= 11 is 6.12. The molecule has 1 amide bonds. The average Bonchev–Trinajstić information content (AvgIpc) is 3.16. The Morgan fingerprint density at radius 2 is 1.76 bits per heavy atom. The lowest BCUT2D eigenvalue weighted by atomic mass is 10.2. The van der Waals surface area contributed by atoms with Crippen molar-refractivity contribution in [2.45, 2.75) is 6.92 Å². The summed E-state index contributed by atoms with van der Waals surface area (Å²) in [5.74, 6) is -0.397. The molecule has 0 aliphatic heterocycles. The van der Waals surface area contributed by atoms with Crippen LogP contribution in [0.15, 0.2) is 72.8 Å². The lowest BCUT2D eigenvalue weighted by molar-refractivity contribution is 0.101. The summed E-state index contributed by atoms with van der Waals surface area (Å²) in [6, 6.07) is 20.3. The van der Waals surface area contributed by atoms with E-state index >= 15 is 0 Å². The number of anilines is 1. The number of halogens is 2. The number of rotatable bonds is 4. The fourth-order valence-corrected chi connectivity index (χ4v) is 3.00. The highest BCUT2D eigenvalue weighted by molar-refractivity contribution is 6.30. The van der Waals surface area contributed by atoms with E-state index < -0.39 is 5.91 Å². The lowest BCUT2D eigenvalue weighted by Crippen LogP contribution is -2.14. The van der Waals surface area contributed by atoms with Crippen LogP contribution >= 0.6 is 11.6 Å². The van der Waals surface area contributed by atoms with Crippen molar-refractivity contribution in [3.63, 3.8) is 0 Å². The summed E-state index contributed by atoms with van der Waals surface area (Å²) in [5.41, 5.74) is 2.99. The van der Waals surface area contributed by atoms with Crippen LogP contribution in [0.3, 0.4) is 0 Å². The van der Waals surface area contributed by atoms with Gasteiger partial charge in [0.25, 0.3) is 5.91 Å². The molecule has 0 bridgehead atoms. The molecule has 0 radical (unpaired) electrons. The number of hydrogen-bond acceptors (Lipinski definition) is 3. The number of nitrogens with zero attached hydrogens (tertiary/aromatic N) is 3. The molecule has 0 atom stereocenters. The second-order valence-corrected chi connectivity index (χ2v) is 6.91. The van der Waals surface area contributed by atoms with Crippen LogP contribution in [0.2, 0.25) is 5.02 Å². The second kappa shape index (κ2) is 7.85. The molecule has 0 unspecified atom stereocenters. The molecule has 0 fully saturated rings. The highest BCUT2D eigenvalue weighted by atomic mass is 35.5. The van der Waals surface area contributed by atoms with Gasteiger partial charge in [-0.05, 0) is 55.5 Å². The molecule has 144 valence electrons. The van der Waals surface area contributed by atoms with Crippen molar-refractivity contribution in [3.05, 3.63) is 95.0 Å². The first-order valence-electron chi connectivity index (χ1n) is 8.86. The Bertz CT molecular complexity index is 1170. The predicted molar refractivity (Wildman–Crippen MR) is 111 cm³/mol. The number of benzene rings is 3. The van der Waals surface area contributed by atoms with E-state index in [-0.39, 0.29) is 11.6 Å². The van der Waals surface area contributed by atoms with E-state index in [0.29, 0.717) is 27.8 Å². The van der Waals surface area contributed by atoms with Crippen LogP contribution in [0.25, 0.3) is 17.1 Å². The molecule has 1 heterocycles. The molecule has 1 N–H and O–H groups in total. The van der Waals surface area contributed by atoms with Crippen LogP contribution in [0, 0.1) is 12.7 Å². The van der Waals surface area contributed by atoms with Gasteiger partial charge in [0.15, 0.2) is 5.82 Å².